The molecule has 0 radical (unpaired) electrons. The Morgan fingerprint density at radius 3 is 2.37 bits per heavy atom. The minimum atomic E-state index is -0.809. The van der Waals surface area contributed by atoms with Crippen LogP contribution in [-0.4, -0.2) is 29.6 Å². The van der Waals surface area contributed by atoms with Gasteiger partial charge in [-0.2, -0.15) is 0 Å². The molecular formula is C24H26N2O4. The Kier molecular flexibility index (Phi) is 6.67. The van der Waals surface area contributed by atoms with E-state index in [-0.39, 0.29) is 16.9 Å². The fourth-order valence-corrected chi connectivity index (χ4v) is 3.48. The fourth-order valence-electron chi connectivity index (χ4n) is 3.48. The van der Waals surface area contributed by atoms with Crippen LogP contribution in [0.15, 0.2) is 65.6 Å². The molecule has 0 fully saturated rings. The van der Waals surface area contributed by atoms with E-state index in [9.17, 15) is 14.4 Å². The first-order valence-electron chi connectivity index (χ1n) is 9.95. The standard InChI is InChI=1S/C24H26N2O4/c1-16(2)13-20(24(29)30-3)25-23(28)19-15-26(14-17-9-5-4-6-10-17)21-12-8-7-11-18(21)22(19)27/h4-12,15-16,20H,13-14H2,1-3H3,(H,25,28). The van der Waals surface area contributed by atoms with E-state index in [2.05, 4.69) is 5.32 Å². The van der Waals surface area contributed by atoms with Gasteiger partial charge in [0.15, 0.2) is 0 Å². The van der Waals surface area contributed by atoms with Gasteiger partial charge in [0.05, 0.1) is 12.6 Å². The van der Waals surface area contributed by atoms with Crippen LogP contribution in [-0.2, 0) is 16.1 Å². The number of amides is 1. The average molecular weight is 406 g/mol. The number of pyridine rings is 1. The predicted molar refractivity (Wildman–Crippen MR) is 116 cm³/mol. The molecule has 2 aromatic carbocycles. The molecule has 3 rings (SSSR count). The van der Waals surface area contributed by atoms with E-state index in [1.54, 1.807) is 18.3 Å². The Hall–Kier alpha value is -3.41. The number of fused-ring (bicyclic) bond motifs is 1. The average Bonchev–Trinajstić information content (AvgIpc) is 2.75. The zero-order chi connectivity index (χ0) is 21.7. The van der Waals surface area contributed by atoms with Gasteiger partial charge in [-0.3, -0.25) is 9.59 Å². The summed E-state index contributed by atoms with van der Waals surface area (Å²) < 4.78 is 6.70. The minimum Gasteiger partial charge on any atom is -0.467 e. The molecule has 6 heteroatoms. The number of nitrogens with zero attached hydrogens (tertiary/aromatic N) is 1. The van der Waals surface area contributed by atoms with Crippen molar-refractivity contribution in [1.82, 2.24) is 9.88 Å². The van der Waals surface area contributed by atoms with E-state index in [1.807, 2.05) is 60.9 Å². The minimum absolute atomic E-state index is 0.00212. The van der Waals surface area contributed by atoms with Crippen LogP contribution in [0.3, 0.4) is 0 Å². The van der Waals surface area contributed by atoms with Gasteiger partial charge in [-0.05, 0) is 30.0 Å². The second-order valence-corrected chi connectivity index (χ2v) is 7.68. The normalized spacial score (nSPS) is 12.0. The molecule has 0 saturated carbocycles. The molecule has 0 aliphatic rings. The number of carbonyl (C=O) groups excluding carboxylic acids is 2. The van der Waals surface area contributed by atoms with Crippen molar-refractivity contribution in [3.63, 3.8) is 0 Å². The van der Waals surface area contributed by atoms with Gasteiger partial charge in [-0.1, -0.05) is 56.3 Å². The second kappa shape index (κ2) is 9.39. The number of carbonyl (C=O) groups is 2. The van der Waals surface area contributed by atoms with E-state index in [0.717, 1.165) is 11.1 Å². The summed E-state index contributed by atoms with van der Waals surface area (Å²) in [4.78, 5) is 38.1. The van der Waals surface area contributed by atoms with Gasteiger partial charge in [-0.15, -0.1) is 0 Å². The lowest BCUT2D eigenvalue weighted by molar-refractivity contribution is -0.143. The molecule has 1 aromatic heterocycles. The maximum absolute atomic E-state index is 13.0. The fraction of sp³-hybridized carbons (Fsp3) is 0.292. The highest BCUT2D eigenvalue weighted by atomic mass is 16.5. The van der Waals surface area contributed by atoms with E-state index in [1.165, 1.54) is 7.11 Å². The van der Waals surface area contributed by atoms with Crippen LogP contribution in [0, 0.1) is 5.92 Å². The van der Waals surface area contributed by atoms with E-state index >= 15 is 0 Å². The summed E-state index contributed by atoms with van der Waals surface area (Å²) >= 11 is 0. The highest BCUT2D eigenvalue weighted by molar-refractivity contribution is 5.99. The molecule has 1 heterocycles. The Labute approximate surface area is 175 Å². The number of hydrogen-bond acceptors (Lipinski definition) is 4. The molecule has 3 aromatic rings. The third-order valence-corrected chi connectivity index (χ3v) is 4.93. The summed E-state index contributed by atoms with van der Waals surface area (Å²) in [6, 6.07) is 16.2. The lowest BCUT2D eigenvalue weighted by Crippen LogP contribution is -2.43. The van der Waals surface area contributed by atoms with Gasteiger partial charge >= 0.3 is 5.97 Å². The SMILES string of the molecule is COC(=O)C(CC(C)C)NC(=O)c1cn(Cc2ccccc2)c2ccccc2c1=O. The molecule has 1 unspecified atom stereocenters. The first kappa shape index (κ1) is 21.3. The van der Waals surface area contributed by atoms with Crippen molar-refractivity contribution in [2.75, 3.05) is 7.11 Å². The predicted octanol–water partition coefficient (Wildman–Crippen LogP) is 3.37. The van der Waals surface area contributed by atoms with Crippen molar-refractivity contribution < 1.29 is 14.3 Å². The maximum atomic E-state index is 13.0. The Balaban J connectivity index is 2.02. The van der Waals surface area contributed by atoms with Gasteiger partial charge < -0.3 is 14.6 Å². The zero-order valence-electron chi connectivity index (χ0n) is 17.4. The number of methoxy groups -OCH3 is 1. The number of esters is 1. The van der Waals surface area contributed by atoms with Crippen LogP contribution >= 0.6 is 0 Å². The van der Waals surface area contributed by atoms with Gasteiger partial charge in [-0.25, -0.2) is 4.79 Å². The molecule has 1 amide bonds. The van der Waals surface area contributed by atoms with E-state index < -0.39 is 17.9 Å². The number of hydrogen-bond donors (Lipinski definition) is 1. The molecule has 1 atom stereocenters. The van der Waals surface area contributed by atoms with Crippen molar-refractivity contribution in [3.8, 4) is 0 Å². The van der Waals surface area contributed by atoms with Crippen LogP contribution in [0.5, 0.6) is 0 Å². The molecule has 1 N–H and O–H groups in total. The number of rotatable bonds is 7. The molecule has 0 aliphatic heterocycles. The lowest BCUT2D eigenvalue weighted by Gasteiger charge is -2.19. The molecule has 156 valence electrons. The van der Waals surface area contributed by atoms with Gasteiger partial charge in [0, 0.05) is 18.1 Å². The highest BCUT2D eigenvalue weighted by Gasteiger charge is 2.25. The highest BCUT2D eigenvalue weighted by Crippen LogP contribution is 2.15. The molecule has 0 saturated heterocycles. The largest absolute Gasteiger partial charge is 0.467 e. The van der Waals surface area contributed by atoms with Gasteiger partial charge in [0.25, 0.3) is 5.91 Å². The second-order valence-electron chi connectivity index (χ2n) is 7.68. The van der Waals surface area contributed by atoms with Crippen molar-refractivity contribution in [2.24, 2.45) is 5.92 Å². The number of benzene rings is 2. The summed E-state index contributed by atoms with van der Waals surface area (Å²) in [5.74, 6) is -0.938. The molecule has 30 heavy (non-hydrogen) atoms. The van der Waals surface area contributed by atoms with Crippen LogP contribution in [0.1, 0.15) is 36.2 Å². The number of para-hydroxylation sites is 1. The molecule has 6 nitrogen and oxygen atoms in total. The van der Waals surface area contributed by atoms with Gasteiger partial charge in [0.2, 0.25) is 5.43 Å². The quantitative estimate of drug-likeness (QED) is 0.611. The van der Waals surface area contributed by atoms with Gasteiger partial charge in [0.1, 0.15) is 11.6 Å². The first-order valence-corrected chi connectivity index (χ1v) is 9.95. The Morgan fingerprint density at radius 1 is 1.03 bits per heavy atom. The molecule has 0 aliphatic carbocycles. The van der Waals surface area contributed by atoms with Crippen LogP contribution in [0.2, 0.25) is 0 Å². The van der Waals surface area contributed by atoms with Crippen LogP contribution in [0.25, 0.3) is 10.9 Å². The van der Waals surface area contributed by atoms with E-state index in [4.69, 9.17) is 4.74 Å². The number of nitrogens with one attached hydrogen (secondary N) is 1. The third-order valence-electron chi connectivity index (χ3n) is 4.93. The Bertz CT molecular complexity index is 1100. The Morgan fingerprint density at radius 2 is 1.70 bits per heavy atom. The van der Waals surface area contributed by atoms with Crippen molar-refractivity contribution in [3.05, 3.63) is 82.1 Å². The molecule has 0 spiro atoms. The van der Waals surface area contributed by atoms with Crippen LogP contribution < -0.4 is 10.7 Å². The monoisotopic (exact) mass is 406 g/mol. The lowest BCUT2D eigenvalue weighted by atomic mass is 10.0. The number of ether oxygens (including phenoxy) is 1. The molecule has 0 bridgehead atoms. The van der Waals surface area contributed by atoms with Crippen molar-refractivity contribution in [1.29, 1.82) is 0 Å². The summed E-state index contributed by atoms with van der Waals surface area (Å²) in [5, 5.41) is 3.14. The maximum Gasteiger partial charge on any atom is 0.328 e. The third kappa shape index (κ3) is 4.76. The summed E-state index contributed by atoms with van der Waals surface area (Å²) in [6.45, 7) is 4.41. The summed E-state index contributed by atoms with van der Waals surface area (Å²) in [5.41, 5.74) is 1.43. The smallest absolute Gasteiger partial charge is 0.328 e. The van der Waals surface area contributed by atoms with Crippen LogP contribution in [0.4, 0.5) is 0 Å². The number of aromatic nitrogens is 1. The van der Waals surface area contributed by atoms with Crippen molar-refractivity contribution >= 4 is 22.8 Å². The zero-order valence-corrected chi connectivity index (χ0v) is 17.4. The molecular weight excluding hydrogens is 380 g/mol. The topological polar surface area (TPSA) is 77.4 Å². The van der Waals surface area contributed by atoms with Crippen molar-refractivity contribution in [2.45, 2.75) is 32.9 Å². The summed E-state index contributed by atoms with van der Waals surface area (Å²) in [6.07, 6.45) is 1.99. The first-order chi connectivity index (χ1) is 14.4. The van der Waals surface area contributed by atoms with E-state index in [0.29, 0.717) is 18.4 Å². The summed E-state index contributed by atoms with van der Waals surface area (Å²) in [7, 11) is 1.28.